The Labute approximate surface area is 152 Å². The summed E-state index contributed by atoms with van der Waals surface area (Å²) in [6.45, 7) is 6.38. The van der Waals surface area contributed by atoms with Gasteiger partial charge in [-0.1, -0.05) is 0 Å². The van der Waals surface area contributed by atoms with Gasteiger partial charge in [0.05, 0.1) is 42.7 Å². The lowest BCUT2D eigenvalue weighted by molar-refractivity contribution is 0.0785. The highest BCUT2D eigenvalue weighted by Gasteiger charge is 2.20. The fourth-order valence-corrected chi connectivity index (χ4v) is 2.84. The van der Waals surface area contributed by atoms with Crippen LogP contribution in [0.5, 0.6) is 5.75 Å². The minimum Gasteiger partial charge on any atom is -0.495 e. The molecule has 0 spiro atoms. The van der Waals surface area contributed by atoms with Gasteiger partial charge in [0.15, 0.2) is 5.65 Å². The molecule has 1 amide bonds. The normalized spacial score (nSPS) is 11.2. The second-order valence-electron chi connectivity index (χ2n) is 6.58. The summed E-state index contributed by atoms with van der Waals surface area (Å²) in [7, 11) is 3.36. The van der Waals surface area contributed by atoms with Crippen LogP contribution < -0.4 is 4.74 Å². The van der Waals surface area contributed by atoms with E-state index in [1.807, 2.05) is 43.7 Å². The molecule has 7 heteroatoms. The third-order valence-corrected chi connectivity index (χ3v) is 4.19. The summed E-state index contributed by atoms with van der Waals surface area (Å²) in [4.78, 5) is 23.6. The number of fused-ring (bicyclic) bond motifs is 1. The van der Waals surface area contributed by atoms with Gasteiger partial charge in [0.1, 0.15) is 5.75 Å². The lowest BCUT2D eigenvalue weighted by atomic mass is 10.1. The van der Waals surface area contributed by atoms with E-state index in [2.05, 4.69) is 15.1 Å². The van der Waals surface area contributed by atoms with Gasteiger partial charge in [0.2, 0.25) is 0 Å². The zero-order valence-corrected chi connectivity index (χ0v) is 15.7. The van der Waals surface area contributed by atoms with Gasteiger partial charge in [0, 0.05) is 18.8 Å². The average molecular weight is 353 g/mol. The average Bonchev–Trinajstić information content (AvgIpc) is 3.04. The fraction of sp³-hybridized carbons (Fsp3) is 0.368. The number of rotatable bonds is 5. The first-order valence-electron chi connectivity index (χ1n) is 8.50. The van der Waals surface area contributed by atoms with Crippen LogP contribution >= 0.6 is 0 Å². The molecule has 3 rings (SSSR count). The highest BCUT2D eigenvalue weighted by Crippen LogP contribution is 2.22. The number of aromatic nitrogens is 4. The van der Waals surface area contributed by atoms with Gasteiger partial charge >= 0.3 is 0 Å². The van der Waals surface area contributed by atoms with E-state index in [4.69, 9.17) is 4.74 Å². The number of nitrogens with zero attached hydrogens (tertiary/aromatic N) is 5. The first-order chi connectivity index (χ1) is 12.4. The Bertz CT molecular complexity index is 931. The first kappa shape index (κ1) is 17.8. The number of hydrogen-bond donors (Lipinski definition) is 0. The van der Waals surface area contributed by atoms with E-state index in [0.717, 1.165) is 22.4 Å². The molecule has 0 aliphatic carbocycles. The maximum absolute atomic E-state index is 13.0. The number of carbonyl (C=O) groups is 1. The monoisotopic (exact) mass is 353 g/mol. The minimum atomic E-state index is -0.0820. The highest BCUT2D eigenvalue weighted by molar-refractivity contribution is 6.05. The van der Waals surface area contributed by atoms with Crippen molar-refractivity contribution in [3.63, 3.8) is 0 Å². The van der Waals surface area contributed by atoms with E-state index < -0.39 is 0 Å². The SMILES string of the molecule is COc1ccc(CN(C)C(=O)c2cc(C)nc3c2cnn3C(C)C)nc1. The third kappa shape index (κ3) is 3.37. The van der Waals surface area contributed by atoms with Crippen molar-refractivity contribution in [1.29, 1.82) is 0 Å². The van der Waals surface area contributed by atoms with Crippen molar-refractivity contribution in [3.8, 4) is 5.75 Å². The Kier molecular flexibility index (Phi) is 4.88. The maximum Gasteiger partial charge on any atom is 0.254 e. The predicted molar refractivity (Wildman–Crippen MR) is 99.2 cm³/mol. The van der Waals surface area contributed by atoms with Crippen LogP contribution in [0.4, 0.5) is 0 Å². The molecule has 0 bridgehead atoms. The van der Waals surface area contributed by atoms with Gasteiger partial charge in [-0.05, 0) is 39.0 Å². The summed E-state index contributed by atoms with van der Waals surface area (Å²) in [5.41, 5.74) is 2.93. The Morgan fingerprint density at radius 1 is 1.31 bits per heavy atom. The number of pyridine rings is 2. The minimum absolute atomic E-state index is 0.0820. The van der Waals surface area contributed by atoms with E-state index in [-0.39, 0.29) is 11.9 Å². The Hall–Kier alpha value is -2.96. The van der Waals surface area contributed by atoms with E-state index in [1.165, 1.54) is 0 Å². The molecule has 0 N–H and O–H groups in total. The summed E-state index contributed by atoms with van der Waals surface area (Å²) in [6, 6.07) is 5.68. The molecule has 3 aromatic heterocycles. The molecular formula is C19H23N5O2. The summed E-state index contributed by atoms with van der Waals surface area (Å²) >= 11 is 0. The second-order valence-corrected chi connectivity index (χ2v) is 6.58. The van der Waals surface area contributed by atoms with Crippen molar-refractivity contribution in [1.82, 2.24) is 24.6 Å². The standard InChI is InChI=1S/C19H23N5O2/c1-12(2)24-18-17(10-21-24)16(8-13(3)22-18)19(25)23(4)11-14-6-7-15(26-5)9-20-14/h6-10,12H,11H2,1-5H3. The molecule has 0 aromatic carbocycles. The summed E-state index contributed by atoms with van der Waals surface area (Å²) in [6.07, 6.45) is 3.36. The van der Waals surface area contributed by atoms with Gasteiger partial charge < -0.3 is 9.64 Å². The van der Waals surface area contributed by atoms with Crippen molar-refractivity contribution in [3.05, 3.63) is 47.5 Å². The van der Waals surface area contributed by atoms with Crippen LogP contribution in [0.15, 0.2) is 30.6 Å². The molecule has 3 heterocycles. The smallest absolute Gasteiger partial charge is 0.254 e. The summed E-state index contributed by atoms with van der Waals surface area (Å²) in [5.74, 6) is 0.608. The number of aryl methyl sites for hydroxylation is 1. The van der Waals surface area contributed by atoms with E-state index in [9.17, 15) is 4.79 Å². The van der Waals surface area contributed by atoms with E-state index in [0.29, 0.717) is 17.9 Å². The largest absolute Gasteiger partial charge is 0.495 e. The molecule has 136 valence electrons. The topological polar surface area (TPSA) is 73.1 Å². The number of methoxy groups -OCH3 is 1. The molecule has 26 heavy (non-hydrogen) atoms. The van der Waals surface area contributed by atoms with Crippen molar-refractivity contribution in [2.24, 2.45) is 0 Å². The number of amides is 1. The van der Waals surface area contributed by atoms with Crippen LogP contribution in [0.25, 0.3) is 11.0 Å². The van der Waals surface area contributed by atoms with Crippen molar-refractivity contribution < 1.29 is 9.53 Å². The Balaban J connectivity index is 1.91. The Morgan fingerprint density at radius 3 is 2.69 bits per heavy atom. The molecule has 0 radical (unpaired) electrons. The quantitative estimate of drug-likeness (QED) is 0.705. The van der Waals surface area contributed by atoms with Crippen LogP contribution in [-0.4, -0.2) is 44.7 Å². The molecule has 3 aromatic rings. The van der Waals surface area contributed by atoms with Crippen molar-refractivity contribution in [2.75, 3.05) is 14.2 Å². The van der Waals surface area contributed by atoms with Gasteiger partial charge in [0.25, 0.3) is 5.91 Å². The van der Waals surface area contributed by atoms with Crippen LogP contribution in [0.1, 0.15) is 41.6 Å². The van der Waals surface area contributed by atoms with Crippen LogP contribution in [0, 0.1) is 6.92 Å². The third-order valence-electron chi connectivity index (χ3n) is 4.19. The fourth-order valence-electron chi connectivity index (χ4n) is 2.84. The van der Waals surface area contributed by atoms with Gasteiger partial charge in [-0.3, -0.25) is 9.78 Å². The molecular weight excluding hydrogens is 330 g/mol. The zero-order valence-electron chi connectivity index (χ0n) is 15.7. The summed E-state index contributed by atoms with van der Waals surface area (Å²) in [5, 5.41) is 5.17. The van der Waals surface area contributed by atoms with E-state index >= 15 is 0 Å². The first-order valence-corrected chi connectivity index (χ1v) is 8.50. The van der Waals surface area contributed by atoms with Crippen LogP contribution in [0.2, 0.25) is 0 Å². The molecule has 0 atom stereocenters. The molecule has 0 saturated carbocycles. The molecule has 0 saturated heterocycles. The van der Waals surface area contributed by atoms with E-state index in [1.54, 1.807) is 31.5 Å². The number of carbonyl (C=O) groups excluding carboxylic acids is 1. The van der Waals surface area contributed by atoms with Gasteiger partial charge in [-0.15, -0.1) is 0 Å². The predicted octanol–water partition coefficient (Wildman–Crippen LogP) is 3.00. The lowest BCUT2D eigenvalue weighted by Gasteiger charge is -2.18. The van der Waals surface area contributed by atoms with Crippen molar-refractivity contribution in [2.45, 2.75) is 33.4 Å². The zero-order chi connectivity index (χ0) is 18.8. The molecule has 0 aliphatic heterocycles. The van der Waals surface area contributed by atoms with Crippen LogP contribution in [0.3, 0.4) is 0 Å². The Morgan fingerprint density at radius 2 is 2.08 bits per heavy atom. The highest BCUT2D eigenvalue weighted by atomic mass is 16.5. The number of ether oxygens (including phenoxy) is 1. The van der Waals surface area contributed by atoms with Crippen molar-refractivity contribution >= 4 is 16.9 Å². The number of hydrogen-bond acceptors (Lipinski definition) is 5. The van der Waals surface area contributed by atoms with Gasteiger partial charge in [-0.2, -0.15) is 5.10 Å². The molecule has 0 unspecified atom stereocenters. The molecule has 7 nitrogen and oxygen atoms in total. The lowest BCUT2D eigenvalue weighted by Crippen LogP contribution is -2.27. The molecule has 0 aliphatic rings. The van der Waals surface area contributed by atoms with Gasteiger partial charge in [-0.25, -0.2) is 9.67 Å². The maximum atomic E-state index is 13.0. The second kappa shape index (κ2) is 7.11. The summed E-state index contributed by atoms with van der Waals surface area (Å²) < 4.78 is 6.95. The van der Waals surface area contributed by atoms with Crippen LogP contribution in [-0.2, 0) is 6.54 Å². The molecule has 0 fully saturated rings.